The molecule has 3 aromatic rings. The van der Waals surface area contributed by atoms with Crippen LogP contribution in [0.5, 0.6) is 0 Å². The summed E-state index contributed by atoms with van der Waals surface area (Å²) < 4.78 is 0. The number of fused-ring (bicyclic) bond motifs is 1. The van der Waals surface area contributed by atoms with Crippen LogP contribution in [0.2, 0.25) is 0 Å². The standard InChI is InChI=1S/C22H29N7O/c1-15(2)14-24-21-19-8-9-23-20(19)26-22(27-21)25-17-4-6-18(7-5-17)29-12-10-28(11-13-29)16(3)30/h4-9,15H,10-14H2,1-3H3,(H3,23,24,25,26,27). The fourth-order valence-electron chi connectivity index (χ4n) is 3.60. The van der Waals surface area contributed by atoms with Crippen LogP contribution < -0.4 is 15.5 Å². The Labute approximate surface area is 176 Å². The number of benzene rings is 1. The quantitative estimate of drug-likeness (QED) is 0.580. The molecule has 8 nitrogen and oxygen atoms in total. The molecule has 4 rings (SSSR count). The zero-order valence-electron chi connectivity index (χ0n) is 17.8. The number of aromatic amines is 1. The first-order valence-corrected chi connectivity index (χ1v) is 10.5. The minimum absolute atomic E-state index is 0.149. The van der Waals surface area contributed by atoms with Gasteiger partial charge in [0.05, 0.1) is 5.39 Å². The minimum atomic E-state index is 0.149. The van der Waals surface area contributed by atoms with Crippen LogP contribution in [0.25, 0.3) is 11.0 Å². The van der Waals surface area contributed by atoms with Crippen molar-refractivity contribution in [2.75, 3.05) is 48.3 Å². The number of nitrogens with one attached hydrogen (secondary N) is 3. The maximum absolute atomic E-state index is 11.5. The Bertz CT molecular complexity index is 1000. The fourth-order valence-corrected chi connectivity index (χ4v) is 3.60. The molecule has 1 aliphatic rings. The number of carbonyl (C=O) groups is 1. The Morgan fingerprint density at radius 1 is 1.10 bits per heavy atom. The van der Waals surface area contributed by atoms with E-state index in [0.29, 0.717) is 11.9 Å². The van der Waals surface area contributed by atoms with Crippen LogP contribution in [0.4, 0.5) is 23.1 Å². The SMILES string of the molecule is CC(=O)N1CCN(c2ccc(Nc3nc(NCC(C)C)c4cc[nH]c4n3)cc2)CC1. The highest BCUT2D eigenvalue weighted by molar-refractivity contribution is 5.88. The summed E-state index contributed by atoms with van der Waals surface area (Å²) in [5.74, 6) is 2.06. The van der Waals surface area contributed by atoms with E-state index in [1.807, 2.05) is 29.3 Å². The van der Waals surface area contributed by atoms with Crippen LogP contribution in [0.1, 0.15) is 20.8 Å². The topological polar surface area (TPSA) is 89.2 Å². The molecule has 1 saturated heterocycles. The van der Waals surface area contributed by atoms with Gasteiger partial charge in [0, 0.05) is 57.2 Å². The van der Waals surface area contributed by atoms with E-state index < -0.39 is 0 Å². The van der Waals surface area contributed by atoms with Crippen molar-refractivity contribution < 1.29 is 4.79 Å². The van der Waals surface area contributed by atoms with Crippen molar-refractivity contribution in [2.45, 2.75) is 20.8 Å². The number of amides is 1. The zero-order chi connectivity index (χ0) is 21.1. The van der Waals surface area contributed by atoms with Gasteiger partial charge >= 0.3 is 0 Å². The van der Waals surface area contributed by atoms with E-state index in [1.165, 1.54) is 0 Å². The predicted octanol–water partition coefficient (Wildman–Crippen LogP) is 3.44. The number of nitrogens with zero attached hydrogens (tertiary/aromatic N) is 4. The Morgan fingerprint density at radius 3 is 2.50 bits per heavy atom. The van der Waals surface area contributed by atoms with Gasteiger partial charge in [-0.3, -0.25) is 4.79 Å². The van der Waals surface area contributed by atoms with Crippen molar-refractivity contribution in [3.05, 3.63) is 36.5 Å². The molecule has 0 saturated carbocycles. The molecule has 0 unspecified atom stereocenters. The first-order valence-electron chi connectivity index (χ1n) is 10.5. The molecular formula is C22H29N7O. The minimum Gasteiger partial charge on any atom is -0.369 e. The summed E-state index contributed by atoms with van der Waals surface area (Å²) in [7, 11) is 0. The number of aromatic nitrogens is 3. The number of rotatable bonds is 6. The molecule has 3 N–H and O–H groups in total. The summed E-state index contributed by atoms with van der Waals surface area (Å²) in [6.07, 6.45) is 1.88. The van der Waals surface area contributed by atoms with Crippen molar-refractivity contribution in [3.63, 3.8) is 0 Å². The second kappa shape index (κ2) is 8.61. The molecule has 0 aliphatic carbocycles. The fraction of sp³-hybridized carbons (Fsp3) is 0.409. The number of anilines is 4. The molecule has 158 valence electrons. The van der Waals surface area contributed by atoms with Crippen molar-refractivity contribution in [3.8, 4) is 0 Å². The summed E-state index contributed by atoms with van der Waals surface area (Å²) in [5.41, 5.74) is 2.89. The lowest BCUT2D eigenvalue weighted by Crippen LogP contribution is -2.48. The Kier molecular flexibility index (Phi) is 5.74. The highest BCUT2D eigenvalue weighted by Crippen LogP contribution is 2.25. The molecule has 0 bridgehead atoms. The van der Waals surface area contributed by atoms with Gasteiger partial charge in [0.15, 0.2) is 0 Å². The third-order valence-corrected chi connectivity index (χ3v) is 5.31. The van der Waals surface area contributed by atoms with E-state index >= 15 is 0 Å². The van der Waals surface area contributed by atoms with Crippen LogP contribution in [0.3, 0.4) is 0 Å². The largest absolute Gasteiger partial charge is 0.369 e. The van der Waals surface area contributed by atoms with Crippen LogP contribution in [0, 0.1) is 5.92 Å². The molecule has 30 heavy (non-hydrogen) atoms. The molecule has 0 spiro atoms. The van der Waals surface area contributed by atoms with Crippen molar-refractivity contribution in [1.82, 2.24) is 19.9 Å². The highest BCUT2D eigenvalue weighted by atomic mass is 16.2. The maximum atomic E-state index is 11.5. The molecule has 0 radical (unpaired) electrons. The number of hydrogen-bond donors (Lipinski definition) is 3. The van der Waals surface area contributed by atoms with Crippen LogP contribution in [-0.2, 0) is 4.79 Å². The van der Waals surface area contributed by atoms with E-state index in [9.17, 15) is 4.79 Å². The summed E-state index contributed by atoms with van der Waals surface area (Å²) in [4.78, 5) is 28.1. The summed E-state index contributed by atoms with van der Waals surface area (Å²) in [6, 6.07) is 10.3. The Balaban J connectivity index is 1.45. The molecule has 1 aromatic carbocycles. The molecular weight excluding hydrogens is 378 g/mol. The Morgan fingerprint density at radius 2 is 1.83 bits per heavy atom. The third kappa shape index (κ3) is 4.48. The first kappa shape index (κ1) is 20.0. The van der Waals surface area contributed by atoms with Gasteiger partial charge in [-0.25, -0.2) is 0 Å². The van der Waals surface area contributed by atoms with Gasteiger partial charge in [-0.15, -0.1) is 0 Å². The number of carbonyl (C=O) groups excluding carboxylic acids is 1. The van der Waals surface area contributed by atoms with Gasteiger partial charge < -0.3 is 25.4 Å². The molecule has 2 aromatic heterocycles. The summed E-state index contributed by atoms with van der Waals surface area (Å²) in [5, 5.41) is 7.72. The number of hydrogen-bond acceptors (Lipinski definition) is 6. The lowest BCUT2D eigenvalue weighted by atomic mass is 10.2. The highest BCUT2D eigenvalue weighted by Gasteiger charge is 2.18. The van der Waals surface area contributed by atoms with Gasteiger partial charge in [-0.05, 0) is 36.2 Å². The van der Waals surface area contributed by atoms with E-state index in [2.05, 4.69) is 56.5 Å². The average molecular weight is 408 g/mol. The molecule has 1 aliphatic heterocycles. The van der Waals surface area contributed by atoms with E-state index in [-0.39, 0.29) is 5.91 Å². The van der Waals surface area contributed by atoms with E-state index in [0.717, 1.165) is 60.9 Å². The van der Waals surface area contributed by atoms with Crippen LogP contribution in [0.15, 0.2) is 36.5 Å². The second-order valence-corrected chi connectivity index (χ2v) is 8.08. The second-order valence-electron chi connectivity index (χ2n) is 8.08. The Hall–Kier alpha value is -3.29. The molecule has 8 heteroatoms. The average Bonchev–Trinajstić information content (AvgIpc) is 3.21. The van der Waals surface area contributed by atoms with Gasteiger partial charge in [0.25, 0.3) is 0 Å². The lowest BCUT2D eigenvalue weighted by Gasteiger charge is -2.35. The van der Waals surface area contributed by atoms with Gasteiger partial charge in [-0.2, -0.15) is 9.97 Å². The first-order chi connectivity index (χ1) is 14.5. The number of H-pyrrole nitrogens is 1. The summed E-state index contributed by atoms with van der Waals surface area (Å²) in [6.45, 7) is 10.1. The smallest absolute Gasteiger partial charge is 0.231 e. The summed E-state index contributed by atoms with van der Waals surface area (Å²) >= 11 is 0. The lowest BCUT2D eigenvalue weighted by molar-refractivity contribution is -0.129. The molecule has 0 atom stereocenters. The maximum Gasteiger partial charge on any atom is 0.231 e. The van der Waals surface area contributed by atoms with Crippen molar-refractivity contribution >= 4 is 40.1 Å². The third-order valence-electron chi connectivity index (χ3n) is 5.31. The van der Waals surface area contributed by atoms with Gasteiger partial charge in [0.2, 0.25) is 11.9 Å². The molecule has 1 amide bonds. The number of piperazine rings is 1. The monoisotopic (exact) mass is 407 g/mol. The van der Waals surface area contributed by atoms with E-state index in [4.69, 9.17) is 0 Å². The van der Waals surface area contributed by atoms with Crippen LogP contribution in [-0.4, -0.2) is 58.5 Å². The van der Waals surface area contributed by atoms with Crippen molar-refractivity contribution in [1.29, 1.82) is 0 Å². The van der Waals surface area contributed by atoms with Gasteiger partial charge in [-0.1, -0.05) is 13.8 Å². The molecule has 1 fully saturated rings. The predicted molar refractivity (Wildman–Crippen MR) is 121 cm³/mol. The normalized spacial score (nSPS) is 14.4. The van der Waals surface area contributed by atoms with Gasteiger partial charge in [0.1, 0.15) is 11.5 Å². The van der Waals surface area contributed by atoms with E-state index in [1.54, 1.807) is 6.92 Å². The van der Waals surface area contributed by atoms with Crippen LogP contribution >= 0.6 is 0 Å². The zero-order valence-corrected chi connectivity index (χ0v) is 17.8. The van der Waals surface area contributed by atoms with Crippen molar-refractivity contribution in [2.24, 2.45) is 5.92 Å². The molecule has 3 heterocycles.